The molecule has 0 radical (unpaired) electrons. The van der Waals surface area contributed by atoms with Gasteiger partial charge in [0, 0.05) is 26.4 Å². The Balaban J connectivity index is -0.000000411. The van der Waals surface area contributed by atoms with Crippen molar-refractivity contribution in [2.45, 2.75) is 213 Å². The summed E-state index contributed by atoms with van der Waals surface area (Å²) < 4.78 is 325. The van der Waals surface area contributed by atoms with Crippen molar-refractivity contribution in [2.24, 2.45) is 0 Å². The van der Waals surface area contributed by atoms with Crippen molar-refractivity contribution in [1.29, 1.82) is 0 Å². The molecule has 4 fully saturated rings. The highest BCUT2D eigenvalue weighted by Gasteiger charge is 2.60. The van der Waals surface area contributed by atoms with E-state index in [1.165, 1.54) is 13.8 Å². The zero-order chi connectivity index (χ0) is 113. The van der Waals surface area contributed by atoms with Crippen LogP contribution < -0.4 is 173 Å². The minimum atomic E-state index is -6.32. The summed E-state index contributed by atoms with van der Waals surface area (Å²) >= 11 is 2.83. The number of phosphoric acid groups is 12. The number of rotatable bonds is 49. The van der Waals surface area contributed by atoms with Crippen LogP contribution >= 0.6 is 137 Å². The van der Waals surface area contributed by atoms with Crippen molar-refractivity contribution in [3.8, 4) is 0 Å². The van der Waals surface area contributed by atoms with Gasteiger partial charge < -0.3 is 335 Å². The molecule has 4 aliphatic rings. The van der Waals surface area contributed by atoms with Gasteiger partial charge in [0.2, 0.25) is 20.8 Å². The van der Waals surface area contributed by atoms with E-state index in [1.54, 1.807) is 13.8 Å². The Kier molecular flexibility index (Phi) is 78.3. The monoisotopic (exact) mass is 2480 g/mol. The standard InChI is InChI=1S/C10H21O18PS2.C10H23O17P3.2C9H22O19P4.5HO2P.OS/c1-2-3-4-22-5-9(26-30(16,17)18)6(23-11)7(24-28-12)8(25-29(13,14)15)10(5)27-31(19,20)21;1-2-3-4-22-5-8(25-28(13,14)15)6(23-11)7(24-12)10(27-30(19,20)21)9(5)26-29(16,17)18;2*1-2-3-23-4-5(24-10)7(26-30(14,15)16)9(28-32(20,21)22)8(27-31(17,18)19)6(4)25-29(11,12)13;5*1-3-2;1-2/h5-12H,2-4H2,1H3,(H2,13,14,15)(H,16,17,18)(H,19,20,21);5-12H,2-4H2,1H3,(H2,13,14,15)(H2,16,17,18)(H2,19,20,21);2*4-10H,2-3H2,1H3,(H2,11,12,13)(H2,14,15,16)(H2,17,18,19)(H2,20,21,22);5*(H,1,2);/p-37/t5?,6-,7+,8?,9?,10-;5?,6-,7+,8?,9-,10?;4-,5+,6?,7?,8?,9+;4-,5-,6?,7?,8?,9-;;;;;;/m1110....../s1. The Morgan fingerprint density at radius 3 is 0.507 bits per heavy atom. The van der Waals surface area contributed by atoms with Crippen LogP contribution in [0.1, 0.15) is 66.2 Å². The third kappa shape index (κ3) is 70.3. The van der Waals surface area contributed by atoms with Crippen LogP contribution in [-0.4, -0.2) is 203 Å². The molecule has 0 aromatic heterocycles. The van der Waals surface area contributed by atoms with Gasteiger partial charge in [-0.25, -0.2) is 21.7 Å². The van der Waals surface area contributed by atoms with E-state index >= 15 is 0 Å². The molecule has 142 heavy (non-hydrogen) atoms. The number of hydrogen-bond donors (Lipinski definition) is 0. The lowest BCUT2D eigenvalue weighted by Crippen LogP contribution is -2.69. The van der Waals surface area contributed by atoms with E-state index in [0.29, 0.717) is 12.8 Å². The van der Waals surface area contributed by atoms with Crippen molar-refractivity contribution in [3.63, 3.8) is 0 Å². The Labute approximate surface area is 803 Å². The third-order valence-electron chi connectivity index (χ3n) is 14.6. The molecule has 4 rings (SSSR count). The van der Waals surface area contributed by atoms with Gasteiger partial charge in [0.05, 0.1) is 137 Å². The zero-order valence-electron chi connectivity index (χ0n) is 68.0. The average Bonchev–Trinajstić information content (AvgIpc) is 0.761. The molecule has 0 N–H and O–H groups in total. The summed E-state index contributed by atoms with van der Waals surface area (Å²) in [5, 5.41) is 69.2. The maximum absolute atomic E-state index is 11.2. The van der Waals surface area contributed by atoms with Gasteiger partial charge in [0.1, 0.15) is 146 Å². The van der Waals surface area contributed by atoms with Crippen LogP contribution in [-0.2, 0) is 227 Å². The van der Waals surface area contributed by atoms with Crippen LogP contribution in [0.4, 0.5) is 0 Å². The molecule has 0 bridgehead atoms. The van der Waals surface area contributed by atoms with Crippen LogP contribution in [0.3, 0.4) is 0 Å². The summed E-state index contributed by atoms with van der Waals surface area (Å²) in [6, 6.07) is 0. The minimum Gasteiger partial charge on any atom is -0.790 e. The highest BCUT2D eigenvalue weighted by atomic mass is 32.3. The van der Waals surface area contributed by atoms with Gasteiger partial charge in [-0.1, -0.05) is 40.5 Å². The summed E-state index contributed by atoms with van der Waals surface area (Å²) in [5.41, 5.74) is 0. The molecule has 0 heterocycles. The summed E-state index contributed by atoms with van der Waals surface area (Å²) in [5.74, 6) is 0. The minimum absolute atomic E-state index is 0.0672. The lowest BCUT2D eigenvalue weighted by Gasteiger charge is -2.56. The van der Waals surface area contributed by atoms with E-state index in [0.717, 1.165) is 0 Å². The average molecular weight is 2480 g/mol. The molecule has 104 heteroatoms. The number of unbranched alkanes of at least 4 members (excludes halogenated alkanes) is 2. The third-order valence-corrected chi connectivity index (χ3v) is 21.5. The van der Waals surface area contributed by atoms with Gasteiger partial charge in [0.25, 0.3) is 0 Å². The first-order valence-corrected chi connectivity index (χ1v) is 58.1. The van der Waals surface area contributed by atoms with Gasteiger partial charge >= 0.3 is 0 Å². The topological polar surface area (TPSA) is 1460 Å². The Morgan fingerprint density at radius 1 is 0.225 bits per heavy atom. The molecule has 4 aliphatic carbocycles. The van der Waals surface area contributed by atoms with Crippen LogP contribution in [0, 0.1) is 0 Å². The zero-order valence-corrected chi connectivity index (χ0v) is 85.7. The van der Waals surface area contributed by atoms with Crippen LogP contribution in [0.25, 0.3) is 0 Å². The quantitative estimate of drug-likeness (QED) is 0.0136. The normalized spacial score (nSPS) is 27.7. The van der Waals surface area contributed by atoms with E-state index in [1.807, 2.05) is 0 Å². The molecule has 24 atom stereocenters. The predicted molar refractivity (Wildman–Crippen MR) is 345 cm³/mol. The second-order valence-corrected chi connectivity index (χ2v) is 40.0. The first-order valence-electron chi connectivity index (χ1n) is 33.9. The second-order valence-electron chi connectivity index (χ2n) is 24.0. The van der Waals surface area contributed by atoms with Gasteiger partial charge in [0.15, 0.2) is 12.5 Å². The maximum atomic E-state index is 11.2. The summed E-state index contributed by atoms with van der Waals surface area (Å²) in [6.07, 6.45) is -61.8. The molecule has 0 aromatic rings. The van der Waals surface area contributed by atoms with E-state index in [-0.39, 0.29) is 38.9 Å². The molecule has 0 saturated heterocycles. The highest BCUT2D eigenvalue weighted by molar-refractivity contribution is 7.81. The maximum Gasteiger partial charge on any atom is 0.218 e. The first kappa shape index (κ1) is 153. The van der Waals surface area contributed by atoms with Crippen molar-refractivity contribution in [2.75, 3.05) is 26.4 Å². The van der Waals surface area contributed by atoms with E-state index in [4.69, 9.17) is 70.4 Å². The molecular formula is C38H56O84P17S3-37. The largest absolute Gasteiger partial charge is 0.790 e. The molecule has 0 amide bonds. The lowest BCUT2D eigenvalue weighted by atomic mass is 9.84. The van der Waals surface area contributed by atoms with Gasteiger partial charge in [-0.3, -0.25) is 36.2 Å². The smallest absolute Gasteiger partial charge is 0.218 e. The first-order chi connectivity index (χ1) is 64.4. The summed E-state index contributed by atoms with van der Waals surface area (Å²) in [7, 11) is -91.2. The van der Waals surface area contributed by atoms with Crippen molar-refractivity contribution in [1.82, 2.24) is 0 Å². The second kappa shape index (κ2) is 72.5. The number of ether oxygens (including phenoxy) is 4. The molecule has 84 nitrogen and oxygen atoms in total. The van der Waals surface area contributed by atoms with Gasteiger partial charge in [-0.2, -0.15) is 4.21 Å². The van der Waals surface area contributed by atoms with E-state index in [9.17, 15) is 230 Å². The SMILES string of the molecule is CCCCOC1C(OP(=O)([O-])[O-])[C@H](O[O-])[C@H](O[O-])C(OP(=O)([O-])[O-])[C@@H]1OP(=O)([O-])[O-].CCCCOC1C(OS(=O)(=O)[O-])[C@H](O[O-])[C@H](OO[O-])C(OP(=O)([O-])[O-])[C@@H]1OS(=O)(=O)[O-].CCCO[C@@H]1C(OP(=O)([O-])[O-])C(OP(=O)([O-])[O-])[C@@H](OP(=O)([O-])[O-])C(OP(=O)([O-])[O-])[C@H]1O[O-].CCCO[C@H]1C(OP(=O)([O-])[O-])C(OP(=O)([O-])[O-])[C@@H](OP(=O)([O-])[O-])C(OP(=O)([O-])[O-])[C@H]1O[O-].O=P[O-].O=P[O-].O=P[O-].O=P[O-].O=P[O-].O=S. The highest BCUT2D eigenvalue weighted by Crippen LogP contribution is 2.52. The Morgan fingerprint density at radius 2 is 0.352 bits per heavy atom. The van der Waals surface area contributed by atoms with Crippen LogP contribution in [0.15, 0.2) is 0 Å². The molecule has 4 saturated carbocycles. The molecule has 0 spiro atoms. The van der Waals surface area contributed by atoms with E-state index < -0.39 is 318 Å². The van der Waals surface area contributed by atoms with Crippen molar-refractivity contribution >= 4 is 171 Å². The fourth-order valence-corrected chi connectivity index (χ4v) is 18.3. The number of hydrogen-bond acceptors (Lipinski definition) is 85. The summed E-state index contributed by atoms with van der Waals surface area (Å²) in [6.45, 7) is 4.50. The van der Waals surface area contributed by atoms with Crippen molar-refractivity contribution < 1.29 is 397 Å². The van der Waals surface area contributed by atoms with Crippen LogP contribution in [0.2, 0.25) is 0 Å². The summed E-state index contributed by atoms with van der Waals surface area (Å²) in [4.78, 5) is 330. The molecule has 0 aliphatic heterocycles. The predicted octanol–water partition coefficient (Wildman–Crippen LogP) is -30.5. The molecule has 0 aromatic carbocycles. The van der Waals surface area contributed by atoms with Gasteiger partial charge in [-0.05, 0) is 25.7 Å². The number of phosphoric ester groups is 12. The molecular weight excluding hydrogens is 2420 g/mol. The molecule has 852 valence electrons. The fraction of sp³-hybridized carbons (Fsp3) is 1.00. The van der Waals surface area contributed by atoms with E-state index in [2.05, 4.69) is 110 Å². The van der Waals surface area contributed by atoms with Crippen molar-refractivity contribution in [3.05, 3.63) is 0 Å². The van der Waals surface area contributed by atoms with Crippen LogP contribution in [0.5, 0.6) is 0 Å². The molecule has 12 unspecified atom stereocenters. The lowest BCUT2D eigenvalue weighted by molar-refractivity contribution is -0.812. The fourth-order valence-electron chi connectivity index (χ4n) is 10.9. The van der Waals surface area contributed by atoms with Gasteiger partial charge in [-0.15, -0.1) is 0 Å². The Bertz CT molecular complexity index is 4250. The Hall–Kier alpha value is 0.700.